The Kier molecular flexibility index (Phi) is 7.17. The molecule has 0 aromatic heterocycles. The molecule has 0 aromatic rings. The van der Waals surface area contributed by atoms with Crippen molar-refractivity contribution >= 4 is 28.1 Å². The van der Waals surface area contributed by atoms with E-state index in [0.717, 1.165) is 13.0 Å². The minimum atomic E-state index is -0.782. The van der Waals surface area contributed by atoms with Gasteiger partial charge < -0.3 is 10.6 Å². The van der Waals surface area contributed by atoms with Crippen LogP contribution in [0.1, 0.15) is 20.3 Å². The molecule has 78 valence electrons. The van der Waals surface area contributed by atoms with Crippen LogP contribution in [0.25, 0.3) is 0 Å². The molecule has 0 radical (unpaired) electrons. The Bertz CT molecular complexity index is 185. The summed E-state index contributed by atoms with van der Waals surface area (Å²) in [6, 6.07) is 0. The molecule has 0 heterocycles. The summed E-state index contributed by atoms with van der Waals surface area (Å²) < 4.78 is 11.0. The molecule has 2 N–H and O–H groups in total. The number of thiocarbonyl (C=S) groups is 1. The molecule has 5 heteroatoms. The quantitative estimate of drug-likeness (QED) is 0.670. The number of hydrogen-bond donors (Lipinski definition) is 2. The summed E-state index contributed by atoms with van der Waals surface area (Å²) >= 11 is 5.00. The van der Waals surface area contributed by atoms with Gasteiger partial charge in [-0.15, -0.1) is 0 Å². The molecule has 13 heavy (non-hydrogen) atoms. The second-order valence-corrected chi connectivity index (χ2v) is 5.16. The lowest BCUT2D eigenvalue weighted by atomic mass is 10.4. The van der Waals surface area contributed by atoms with E-state index in [9.17, 15) is 4.21 Å². The fraction of sp³-hybridized carbons (Fsp3) is 0.875. The highest BCUT2D eigenvalue weighted by molar-refractivity contribution is 7.84. The number of rotatable bonds is 5. The zero-order valence-corrected chi connectivity index (χ0v) is 10.1. The molecular weight excluding hydrogens is 204 g/mol. The molecule has 0 fully saturated rings. The molecule has 0 saturated carbocycles. The van der Waals surface area contributed by atoms with Crippen molar-refractivity contribution in [3.63, 3.8) is 0 Å². The summed E-state index contributed by atoms with van der Waals surface area (Å²) in [5.41, 5.74) is 0. The lowest BCUT2D eigenvalue weighted by Crippen LogP contribution is -2.39. The molecule has 0 rings (SSSR count). The Morgan fingerprint density at radius 2 is 2.15 bits per heavy atom. The molecule has 0 spiro atoms. The van der Waals surface area contributed by atoms with Gasteiger partial charge in [-0.25, -0.2) is 0 Å². The maximum Gasteiger partial charge on any atom is 0.166 e. The largest absolute Gasteiger partial charge is 0.363 e. The van der Waals surface area contributed by atoms with Crippen LogP contribution in [0.5, 0.6) is 0 Å². The third kappa shape index (κ3) is 6.95. The van der Waals surface area contributed by atoms with Gasteiger partial charge in [0.05, 0.1) is 0 Å². The van der Waals surface area contributed by atoms with Crippen molar-refractivity contribution in [3.05, 3.63) is 0 Å². The molecule has 0 amide bonds. The highest BCUT2D eigenvalue weighted by Gasteiger charge is 2.05. The molecule has 2 unspecified atom stereocenters. The van der Waals surface area contributed by atoms with E-state index in [0.29, 0.717) is 11.7 Å². The van der Waals surface area contributed by atoms with Gasteiger partial charge in [-0.3, -0.25) is 4.21 Å². The van der Waals surface area contributed by atoms with E-state index in [1.807, 2.05) is 6.92 Å². The van der Waals surface area contributed by atoms with Gasteiger partial charge in [0, 0.05) is 35.4 Å². The summed E-state index contributed by atoms with van der Waals surface area (Å²) in [5.74, 6) is 0. The highest BCUT2D eigenvalue weighted by Crippen LogP contribution is 1.89. The van der Waals surface area contributed by atoms with Gasteiger partial charge >= 0.3 is 0 Å². The van der Waals surface area contributed by atoms with Gasteiger partial charge in [0.2, 0.25) is 0 Å². The molecule has 2 atom stereocenters. The smallest absolute Gasteiger partial charge is 0.166 e. The Hall–Kier alpha value is -0.160. The topological polar surface area (TPSA) is 41.1 Å². The lowest BCUT2D eigenvalue weighted by molar-refractivity contribution is 0.673. The maximum atomic E-state index is 11.0. The van der Waals surface area contributed by atoms with Gasteiger partial charge in [-0.05, 0) is 25.6 Å². The second kappa shape index (κ2) is 7.26. The van der Waals surface area contributed by atoms with Gasteiger partial charge in [0.15, 0.2) is 5.11 Å². The predicted octanol–water partition coefficient (Wildman–Crippen LogP) is 0.627. The average molecular weight is 222 g/mol. The van der Waals surface area contributed by atoms with E-state index < -0.39 is 10.8 Å². The van der Waals surface area contributed by atoms with Crippen LogP contribution in [0.3, 0.4) is 0 Å². The third-order valence-electron chi connectivity index (χ3n) is 1.65. The van der Waals surface area contributed by atoms with Crippen molar-refractivity contribution < 1.29 is 4.21 Å². The summed E-state index contributed by atoms with van der Waals surface area (Å²) in [5, 5.41) is 6.87. The van der Waals surface area contributed by atoms with Gasteiger partial charge in [-0.2, -0.15) is 0 Å². The van der Waals surface area contributed by atoms with E-state index in [4.69, 9.17) is 12.2 Å². The maximum absolute atomic E-state index is 11.0. The molecule has 0 aromatic carbocycles. The normalized spacial score (nSPS) is 14.7. The van der Waals surface area contributed by atoms with Crippen LogP contribution in [-0.4, -0.2) is 33.9 Å². The SMILES string of the molecule is CCCNC(=S)NCC(C)S(C)=O. The molecule has 0 aliphatic heterocycles. The van der Waals surface area contributed by atoms with E-state index in [1.165, 1.54) is 0 Å². The Morgan fingerprint density at radius 3 is 2.62 bits per heavy atom. The standard InChI is InChI=1S/C8H18N2OS2/c1-4-5-9-8(12)10-6-7(2)13(3)11/h7H,4-6H2,1-3H3,(H2,9,10,12). The summed E-state index contributed by atoms with van der Waals surface area (Å²) in [7, 11) is -0.782. The molecule has 0 bridgehead atoms. The Labute approximate surface area is 88.1 Å². The zero-order chi connectivity index (χ0) is 10.3. The van der Waals surface area contributed by atoms with Crippen molar-refractivity contribution in [2.45, 2.75) is 25.5 Å². The lowest BCUT2D eigenvalue weighted by Gasteiger charge is -2.12. The molecule has 0 aliphatic rings. The van der Waals surface area contributed by atoms with Crippen LogP contribution in [0.2, 0.25) is 0 Å². The summed E-state index contributed by atoms with van der Waals surface area (Å²) in [6.45, 7) is 5.57. The van der Waals surface area contributed by atoms with Gasteiger partial charge in [0.1, 0.15) is 0 Å². The van der Waals surface area contributed by atoms with Crippen LogP contribution in [0.15, 0.2) is 0 Å². The highest BCUT2D eigenvalue weighted by atomic mass is 32.2. The fourth-order valence-electron chi connectivity index (χ4n) is 0.655. The fourth-order valence-corrected chi connectivity index (χ4v) is 1.16. The van der Waals surface area contributed by atoms with Crippen molar-refractivity contribution in [1.29, 1.82) is 0 Å². The van der Waals surface area contributed by atoms with Crippen LogP contribution in [0.4, 0.5) is 0 Å². The van der Waals surface area contributed by atoms with Crippen LogP contribution < -0.4 is 10.6 Å². The number of hydrogen-bond acceptors (Lipinski definition) is 2. The van der Waals surface area contributed by atoms with Crippen LogP contribution in [0, 0.1) is 0 Å². The first-order valence-corrected chi connectivity index (χ1v) is 6.44. The summed E-state index contributed by atoms with van der Waals surface area (Å²) in [4.78, 5) is 0. The number of nitrogens with one attached hydrogen (secondary N) is 2. The van der Waals surface area contributed by atoms with E-state index in [2.05, 4.69) is 17.6 Å². The van der Waals surface area contributed by atoms with Crippen molar-refractivity contribution in [2.75, 3.05) is 19.3 Å². The molecule has 0 saturated heterocycles. The van der Waals surface area contributed by atoms with E-state index in [-0.39, 0.29) is 5.25 Å². The zero-order valence-electron chi connectivity index (χ0n) is 8.42. The molecule has 0 aliphatic carbocycles. The summed E-state index contributed by atoms with van der Waals surface area (Å²) in [6.07, 6.45) is 2.76. The van der Waals surface area contributed by atoms with Crippen LogP contribution >= 0.6 is 12.2 Å². The third-order valence-corrected chi connectivity index (χ3v) is 3.24. The monoisotopic (exact) mass is 222 g/mol. The van der Waals surface area contributed by atoms with Crippen molar-refractivity contribution in [3.8, 4) is 0 Å². The Balaban J connectivity index is 3.52. The second-order valence-electron chi connectivity index (χ2n) is 2.95. The van der Waals surface area contributed by atoms with Crippen molar-refractivity contribution in [2.24, 2.45) is 0 Å². The Morgan fingerprint density at radius 1 is 1.54 bits per heavy atom. The minimum absolute atomic E-state index is 0.140. The first-order chi connectivity index (χ1) is 6.07. The first-order valence-electron chi connectivity index (χ1n) is 4.41. The van der Waals surface area contributed by atoms with Crippen molar-refractivity contribution in [1.82, 2.24) is 10.6 Å². The first kappa shape index (κ1) is 12.8. The van der Waals surface area contributed by atoms with Gasteiger partial charge in [0.25, 0.3) is 0 Å². The average Bonchev–Trinajstić information content (AvgIpc) is 2.10. The predicted molar refractivity (Wildman–Crippen MR) is 62.4 cm³/mol. The van der Waals surface area contributed by atoms with Gasteiger partial charge in [-0.1, -0.05) is 6.92 Å². The molecule has 3 nitrogen and oxygen atoms in total. The minimum Gasteiger partial charge on any atom is -0.363 e. The molecular formula is C8H18N2OS2. The van der Waals surface area contributed by atoms with E-state index >= 15 is 0 Å². The van der Waals surface area contributed by atoms with E-state index in [1.54, 1.807) is 6.26 Å². The van der Waals surface area contributed by atoms with Crippen LogP contribution in [-0.2, 0) is 10.8 Å².